The number of aliphatic hydroxyl groups is 1. The maximum atomic E-state index is 12.7. The molecule has 0 radical (unpaired) electrons. The number of aromatic hydroxyl groups is 1. The monoisotopic (exact) mass is 431 g/mol. The number of aliphatic hydroxyl groups excluding tert-OH is 1. The number of fused-ring (bicyclic) bond motifs is 1. The van der Waals surface area contributed by atoms with Crippen LogP contribution >= 0.6 is 23.2 Å². The number of nitrogens with zero attached hydrogens (tertiary/aromatic N) is 4. The van der Waals surface area contributed by atoms with Gasteiger partial charge in [-0.2, -0.15) is 0 Å². The highest BCUT2D eigenvalue weighted by Gasteiger charge is 2.34. The highest BCUT2D eigenvalue weighted by molar-refractivity contribution is 6.36. The molecule has 1 aromatic carbocycles. The van der Waals surface area contributed by atoms with Crippen molar-refractivity contribution in [1.82, 2.24) is 19.9 Å². The SMILES string of the molecule is O=C(N[C@@H]1CN(c2ccc3nccn3n2)CC1C#CO)c1cc(Cl)cc(Cl)c1O. The highest BCUT2D eigenvalue weighted by Crippen LogP contribution is 2.31. The first-order chi connectivity index (χ1) is 14.0. The van der Waals surface area contributed by atoms with Crippen molar-refractivity contribution in [1.29, 1.82) is 0 Å². The van der Waals surface area contributed by atoms with E-state index in [0.717, 1.165) is 5.65 Å². The molecule has 2 atom stereocenters. The number of carbonyl (C=O) groups excluding carboxylic acids is 1. The predicted octanol–water partition coefficient (Wildman–Crippen LogP) is 2.31. The van der Waals surface area contributed by atoms with Gasteiger partial charge in [0.05, 0.1) is 22.5 Å². The van der Waals surface area contributed by atoms with Crippen LogP contribution in [0.15, 0.2) is 36.7 Å². The molecule has 2 aromatic heterocycles. The van der Waals surface area contributed by atoms with Crippen LogP contribution < -0.4 is 10.2 Å². The Hall–Kier alpha value is -3.15. The summed E-state index contributed by atoms with van der Waals surface area (Å²) in [6.45, 7) is 0.862. The molecular formula is C19H15Cl2N5O3. The number of benzene rings is 1. The maximum absolute atomic E-state index is 12.7. The molecular weight excluding hydrogens is 417 g/mol. The van der Waals surface area contributed by atoms with Crippen molar-refractivity contribution in [2.24, 2.45) is 5.92 Å². The summed E-state index contributed by atoms with van der Waals surface area (Å²) in [5.41, 5.74) is 0.687. The van der Waals surface area contributed by atoms with Gasteiger partial charge in [-0.1, -0.05) is 29.1 Å². The van der Waals surface area contributed by atoms with Gasteiger partial charge in [-0.25, -0.2) is 9.50 Å². The van der Waals surface area contributed by atoms with Crippen molar-refractivity contribution in [3.63, 3.8) is 0 Å². The fourth-order valence-corrected chi connectivity index (χ4v) is 3.82. The Morgan fingerprint density at radius 1 is 1.28 bits per heavy atom. The van der Waals surface area contributed by atoms with Crippen LogP contribution in [0.25, 0.3) is 5.65 Å². The highest BCUT2D eigenvalue weighted by atomic mass is 35.5. The number of carbonyl (C=O) groups is 1. The van der Waals surface area contributed by atoms with Crippen molar-refractivity contribution in [3.05, 3.63) is 52.3 Å². The summed E-state index contributed by atoms with van der Waals surface area (Å²) in [6, 6.07) is 5.95. The van der Waals surface area contributed by atoms with Crippen molar-refractivity contribution >= 4 is 40.6 Å². The molecule has 0 spiro atoms. The smallest absolute Gasteiger partial charge is 0.255 e. The molecule has 1 aliphatic rings. The van der Waals surface area contributed by atoms with Crippen LogP contribution in [0, 0.1) is 17.9 Å². The number of anilines is 1. The molecule has 0 aliphatic carbocycles. The van der Waals surface area contributed by atoms with E-state index in [9.17, 15) is 9.90 Å². The van der Waals surface area contributed by atoms with Gasteiger partial charge in [0, 0.05) is 30.5 Å². The number of hydrogen-bond acceptors (Lipinski definition) is 6. The molecule has 1 saturated heterocycles. The first kappa shape index (κ1) is 19.2. The molecule has 1 fully saturated rings. The number of phenolic OH excluding ortho intramolecular Hbond substituents is 1. The van der Waals surface area contributed by atoms with E-state index in [1.165, 1.54) is 12.1 Å². The molecule has 0 saturated carbocycles. The summed E-state index contributed by atoms with van der Waals surface area (Å²) in [4.78, 5) is 18.8. The summed E-state index contributed by atoms with van der Waals surface area (Å²) in [7, 11) is 0. The second kappa shape index (κ2) is 7.70. The third-order valence-corrected chi connectivity index (χ3v) is 5.23. The van der Waals surface area contributed by atoms with Crippen molar-refractivity contribution in [3.8, 4) is 17.8 Å². The Labute approximate surface area is 175 Å². The zero-order valence-electron chi connectivity index (χ0n) is 14.9. The lowest BCUT2D eigenvalue weighted by molar-refractivity contribution is 0.0933. The zero-order valence-corrected chi connectivity index (χ0v) is 16.4. The van der Waals surface area contributed by atoms with Crippen LogP contribution in [0.1, 0.15) is 10.4 Å². The normalized spacial score (nSPS) is 18.5. The molecule has 3 aromatic rings. The third kappa shape index (κ3) is 3.75. The molecule has 148 valence electrons. The Morgan fingerprint density at radius 3 is 2.90 bits per heavy atom. The molecule has 10 heteroatoms. The number of hydrogen-bond donors (Lipinski definition) is 3. The number of amides is 1. The minimum atomic E-state index is -0.540. The number of phenols is 1. The molecule has 1 amide bonds. The van der Waals surface area contributed by atoms with Gasteiger partial charge in [-0.05, 0) is 24.3 Å². The largest absolute Gasteiger partial charge is 0.506 e. The van der Waals surface area contributed by atoms with E-state index < -0.39 is 11.9 Å². The zero-order chi connectivity index (χ0) is 20.5. The quantitative estimate of drug-likeness (QED) is 0.549. The summed E-state index contributed by atoms with van der Waals surface area (Å²) in [6.07, 6.45) is 5.32. The topological polar surface area (TPSA) is 103 Å². The fourth-order valence-electron chi connectivity index (χ4n) is 3.33. The second-order valence-electron chi connectivity index (χ2n) is 6.55. The van der Waals surface area contributed by atoms with Gasteiger partial charge in [-0.3, -0.25) is 4.79 Å². The summed E-state index contributed by atoms with van der Waals surface area (Å²) < 4.78 is 1.65. The maximum Gasteiger partial charge on any atom is 0.255 e. The van der Waals surface area contributed by atoms with E-state index in [-0.39, 0.29) is 27.3 Å². The fraction of sp³-hybridized carbons (Fsp3) is 0.211. The van der Waals surface area contributed by atoms with Gasteiger partial charge in [0.25, 0.3) is 5.91 Å². The van der Waals surface area contributed by atoms with Crippen LogP contribution in [0.2, 0.25) is 10.0 Å². The van der Waals surface area contributed by atoms with Gasteiger partial charge < -0.3 is 20.4 Å². The first-order valence-electron chi connectivity index (χ1n) is 8.65. The van der Waals surface area contributed by atoms with E-state index in [4.69, 9.17) is 28.3 Å². The molecule has 3 N–H and O–H groups in total. The van der Waals surface area contributed by atoms with Crippen LogP contribution in [0.4, 0.5) is 5.82 Å². The van der Waals surface area contributed by atoms with E-state index in [2.05, 4.69) is 21.3 Å². The van der Waals surface area contributed by atoms with E-state index >= 15 is 0 Å². The van der Waals surface area contributed by atoms with Crippen molar-refractivity contribution < 1.29 is 15.0 Å². The Kier molecular flexibility index (Phi) is 5.09. The van der Waals surface area contributed by atoms with E-state index in [1.54, 1.807) is 16.9 Å². The lowest BCUT2D eigenvalue weighted by Crippen LogP contribution is -2.40. The number of imidazole rings is 1. The molecule has 8 nitrogen and oxygen atoms in total. The van der Waals surface area contributed by atoms with Gasteiger partial charge in [0.2, 0.25) is 0 Å². The Morgan fingerprint density at radius 2 is 2.10 bits per heavy atom. The Bertz CT molecular complexity index is 1150. The van der Waals surface area contributed by atoms with Crippen LogP contribution in [0.3, 0.4) is 0 Å². The molecule has 1 unspecified atom stereocenters. The number of nitrogens with one attached hydrogen (secondary N) is 1. The lowest BCUT2D eigenvalue weighted by Gasteiger charge is -2.18. The van der Waals surface area contributed by atoms with Gasteiger partial charge in [0.15, 0.2) is 5.65 Å². The Balaban J connectivity index is 1.57. The first-order valence-corrected chi connectivity index (χ1v) is 9.40. The number of aromatic nitrogens is 3. The molecule has 0 bridgehead atoms. The summed E-state index contributed by atoms with van der Waals surface area (Å²) in [5.74, 6) is 2.16. The van der Waals surface area contributed by atoms with Crippen LogP contribution in [0.5, 0.6) is 5.75 Å². The van der Waals surface area contributed by atoms with Gasteiger partial charge >= 0.3 is 0 Å². The average molecular weight is 432 g/mol. The second-order valence-corrected chi connectivity index (χ2v) is 7.40. The average Bonchev–Trinajstić information content (AvgIpc) is 3.31. The lowest BCUT2D eigenvalue weighted by atomic mass is 10.0. The van der Waals surface area contributed by atoms with Crippen molar-refractivity contribution in [2.45, 2.75) is 6.04 Å². The molecule has 29 heavy (non-hydrogen) atoms. The summed E-state index contributed by atoms with van der Waals surface area (Å²) >= 11 is 11.9. The van der Waals surface area contributed by atoms with E-state index in [1.807, 2.05) is 23.1 Å². The van der Waals surface area contributed by atoms with Crippen LogP contribution in [-0.2, 0) is 0 Å². The summed E-state index contributed by atoms with van der Waals surface area (Å²) in [5, 5.41) is 26.7. The van der Waals surface area contributed by atoms with Crippen LogP contribution in [-0.4, -0.2) is 49.8 Å². The number of rotatable bonds is 3. The van der Waals surface area contributed by atoms with Gasteiger partial charge in [-0.15, -0.1) is 5.10 Å². The minimum absolute atomic E-state index is 0.0137. The standard InChI is InChI=1S/C19H15Cl2N5O3/c20-12-7-13(18(28)14(21)8-12)19(29)23-15-10-25(9-11(15)3-6-27)17-2-1-16-22-4-5-26(16)24-17/h1-2,4-5,7-8,11,15,27-28H,9-10H2,(H,23,29)/t11?,15-/m1/s1. The molecule has 3 heterocycles. The number of halogens is 2. The third-order valence-electron chi connectivity index (χ3n) is 4.72. The minimum Gasteiger partial charge on any atom is -0.506 e. The van der Waals surface area contributed by atoms with E-state index in [0.29, 0.717) is 18.9 Å². The predicted molar refractivity (Wildman–Crippen MR) is 108 cm³/mol. The van der Waals surface area contributed by atoms with Gasteiger partial charge in [0.1, 0.15) is 17.7 Å². The molecule has 1 aliphatic heterocycles. The van der Waals surface area contributed by atoms with Crippen molar-refractivity contribution in [2.75, 3.05) is 18.0 Å². The molecule has 4 rings (SSSR count).